The number of hydrogen-bond acceptors (Lipinski definition) is 5. The minimum absolute atomic E-state index is 0.109. The van der Waals surface area contributed by atoms with Gasteiger partial charge in [0.05, 0.1) is 24.9 Å². The van der Waals surface area contributed by atoms with Crippen molar-refractivity contribution in [2.45, 2.75) is 22.9 Å². The lowest BCUT2D eigenvalue weighted by Gasteiger charge is -2.24. The molecule has 0 aliphatic carbocycles. The standard InChI is InChI=1S/C28H23N3O3S/c1-34-22-8-4-6-19(14-22)18-31-24-15-21(27(32)30-17-20-7-5-13-29-16-20)11-12-26(24)35-25-10-3-2-9-23(25)28(31)33/h2-16H,17-18H2,1H3,(H,30,32). The summed E-state index contributed by atoms with van der Waals surface area (Å²) in [4.78, 5) is 34.3. The fourth-order valence-electron chi connectivity index (χ4n) is 3.96. The normalized spacial score (nSPS) is 12.4. The number of ether oxygens (including phenoxy) is 1. The summed E-state index contributed by atoms with van der Waals surface area (Å²) >= 11 is 1.53. The second-order valence-corrected chi connectivity index (χ2v) is 9.15. The molecule has 0 unspecified atom stereocenters. The number of rotatable bonds is 6. The molecule has 0 atom stereocenters. The Balaban J connectivity index is 1.50. The molecule has 7 heteroatoms. The van der Waals surface area contributed by atoms with Crippen molar-refractivity contribution in [3.63, 3.8) is 0 Å². The SMILES string of the molecule is COc1cccc(CN2C(=O)c3ccccc3Sc3ccc(C(=O)NCc4cccnc4)cc32)c1. The van der Waals surface area contributed by atoms with Crippen molar-refractivity contribution >= 4 is 29.3 Å². The average Bonchev–Trinajstić information content (AvgIpc) is 3.02. The van der Waals surface area contributed by atoms with Crippen molar-refractivity contribution < 1.29 is 14.3 Å². The maximum Gasteiger partial charge on any atom is 0.259 e. The summed E-state index contributed by atoms with van der Waals surface area (Å²) in [5.74, 6) is 0.406. The van der Waals surface area contributed by atoms with Crippen LogP contribution in [-0.4, -0.2) is 23.9 Å². The third-order valence-corrected chi connectivity index (χ3v) is 6.89. The number of hydrogen-bond donors (Lipinski definition) is 1. The molecule has 3 aromatic carbocycles. The quantitative estimate of drug-likeness (QED) is 0.403. The Hall–Kier alpha value is -4.10. The van der Waals surface area contributed by atoms with Gasteiger partial charge >= 0.3 is 0 Å². The van der Waals surface area contributed by atoms with Gasteiger partial charge in [-0.25, -0.2) is 0 Å². The second-order valence-electron chi connectivity index (χ2n) is 8.07. The highest BCUT2D eigenvalue weighted by molar-refractivity contribution is 7.99. The Morgan fingerprint density at radius 1 is 0.971 bits per heavy atom. The molecule has 2 heterocycles. The monoisotopic (exact) mass is 481 g/mol. The first-order valence-corrected chi connectivity index (χ1v) is 12.0. The van der Waals surface area contributed by atoms with E-state index in [1.807, 2.05) is 66.7 Å². The van der Waals surface area contributed by atoms with Crippen LogP contribution in [0.5, 0.6) is 5.75 Å². The van der Waals surface area contributed by atoms with E-state index in [-0.39, 0.29) is 11.8 Å². The molecule has 35 heavy (non-hydrogen) atoms. The molecule has 5 rings (SSSR count). The van der Waals surface area contributed by atoms with Crippen LogP contribution < -0.4 is 15.0 Å². The molecule has 0 radical (unpaired) electrons. The fourth-order valence-corrected chi connectivity index (χ4v) is 5.02. The second kappa shape index (κ2) is 10.0. The van der Waals surface area contributed by atoms with Gasteiger partial charge in [-0.2, -0.15) is 0 Å². The summed E-state index contributed by atoms with van der Waals surface area (Å²) in [6.45, 7) is 0.717. The third-order valence-electron chi connectivity index (χ3n) is 5.75. The lowest BCUT2D eigenvalue weighted by Crippen LogP contribution is -2.31. The van der Waals surface area contributed by atoms with Gasteiger partial charge in [-0.15, -0.1) is 0 Å². The van der Waals surface area contributed by atoms with E-state index in [1.54, 1.807) is 36.5 Å². The van der Waals surface area contributed by atoms with E-state index in [1.165, 1.54) is 11.8 Å². The number of carbonyl (C=O) groups is 2. The smallest absolute Gasteiger partial charge is 0.259 e. The summed E-state index contributed by atoms with van der Waals surface area (Å²) < 4.78 is 5.37. The first kappa shape index (κ1) is 22.7. The van der Waals surface area contributed by atoms with Crippen LogP contribution in [0.25, 0.3) is 0 Å². The molecule has 1 aromatic heterocycles. The van der Waals surface area contributed by atoms with E-state index in [0.717, 1.165) is 26.7 Å². The van der Waals surface area contributed by atoms with Gasteiger partial charge < -0.3 is 15.0 Å². The molecule has 174 valence electrons. The number of benzene rings is 3. The van der Waals surface area contributed by atoms with Crippen LogP contribution in [0.3, 0.4) is 0 Å². The Morgan fingerprint density at radius 3 is 2.66 bits per heavy atom. The number of fused-ring (bicyclic) bond motifs is 2. The summed E-state index contributed by atoms with van der Waals surface area (Å²) in [5.41, 5.74) is 3.67. The minimum atomic E-state index is -0.211. The van der Waals surface area contributed by atoms with Gasteiger partial charge in [-0.3, -0.25) is 14.6 Å². The number of nitrogens with zero attached hydrogens (tertiary/aromatic N) is 2. The molecular formula is C28H23N3O3S. The molecular weight excluding hydrogens is 458 g/mol. The number of methoxy groups -OCH3 is 1. The summed E-state index contributed by atoms with van der Waals surface area (Å²) in [7, 11) is 1.62. The first-order valence-electron chi connectivity index (χ1n) is 11.2. The number of anilines is 1. The minimum Gasteiger partial charge on any atom is -0.497 e. The topological polar surface area (TPSA) is 71.5 Å². The zero-order valence-electron chi connectivity index (χ0n) is 19.1. The number of pyridine rings is 1. The van der Waals surface area contributed by atoms with Crippen LogP contribution in [0.4, 0.5) is 5.69 Å². The zero-order valence-corrected chi connectivity index (χ0v) is 19.9. The largest absolute Gasteiger partial charge is 0.497 e. The van der Waals surface area contributed by atoms with E-state index in [9.17, 15) is 9.59 Å². The first-order chi connectivity index (χ1) is 17.1. The van der Waals surface area contributed by atoms with Crippen LogP contribution in [0, 0.1) is 0 Å². The van der Waals surface area contributed by atoms with Gasteiger partial charge in [0, 0.05) is 34.3 Å². The van der Waals surface area contributed by atoms with Crippen LogP contribution >= 0.6 is 11.8 Å². The molecule has 0 bridgehead atoms. The van der Waals surface area contributed by atoms with E-state index in [2.05, 4.69) is 10.3 Å². The molecule has 0 saturated heterocycles. The van der Waals surface area contributed by atoms with Crippen molar-refractivity contribution in [3.05, 3.63) is 114 Å². The van der Waals surface area contributed by atoms with Gasteiger partial charge in [-0.1, -0.05) is 42.1 Å². The molecule has 0 spiro atoms. The molecule has 4 aromatic rings. The number of aromatic nitrogens is 1. The predicted octanol–water partition coefficient (Wildman–Crippen LogP) is 5.33. The van der Waals surface area contributed by atoms with Crippen LogP contribution in [0.1, 0.15) is 31.8 Å². The third kappa shape index (κ3) is 4.90. The van der Waals surface area contributed by atoms with Crippen molar-refractivity contribution in [2.24, 2.45) is 0 Å². The number of nitrogens with one attached hydrogen (secondary N) is 1. The van der Waals surface area contributed by atoms with Crippen molar-refractivity contribution in [2.75, 3.05) is 12.0 Å². The van der Waals surface area contributed by atoms with E-state index in [0.29, 0.717) is 29.9 Å². The molecule has 1 N–H and O–H groups in total. The van der Waals surface area contributed by atoms with E-state index < -0.39 is 0 Å². The van der Waals surface area contributed by atoms with Crippen LogP contribution in [-0.2, 0) is 13.1 Å². The van der Waals surface area contributed by atoms with E-state index >= 15 is 0 Å². The molecule has 6 nitrogen and oxygen atoms in total. The Bertz CT molecular complexity index is 1390. The number of amides is 2. The van der Waals surface area contributed by atoms with E-state index in [4.69, 9.17) is 4.74 Å². The van der Waals surface area contributed by atoms with Crippen LogP contribution in [0.15, 0.2) is 101 Å². The summed E-state index contributed by atoms with van der Waals surface area (Å²) in [6.07, 6.45) is 3.42. The summed E-state index contributed by atoms with van der Waals surface area (Å²) in [5, 5.41) is 2.94. The highest BCUT2D eigenvalue weighted by Crippen LogP contribution is 2.42. The van der Waals surface area contributed by atoms with Gasteiger partial charge in [-0.05, 0) is 59.7 Å². The summed E-state index contributed by atoms with van der Waals surface area (Å²) in [6, 6.07) is 24.5. The van der Waals surface area contributed by atoms with Crippen molar-refractivity contribution in [3.8, 4) is 5.75 Å². The lowest BCUT2D eigenvalue weighted by molar-refractivity contribution is 0.0947. The highest BCUT2D eigenvalue weighted by Gasteiger charge is 2.28. The Labute approximate surface area is 208 Å². The molecule has 2 amide bonds. The lowest BCUT2D eigenvalue weighted by atomic mass is 10.1. The van der Waals surface area contributed by atoms with Crippen LogP contribution in [0.2, 0.25) is 0 Å². The maximum absolute atomic E-state index is 13.7. The fraction of sp³-hybridized carbons (Fsp3) is 0.107. The molecule has 0 saturated carbocycles. The zero-order chi connectivity index (χ0) is 24.2. The highest BCUT2D eigenvalue weighted by atomic mass is 32.2. The van der Waals surface area contributed by atoms with Gasteiger partial charge in [0.25, 0.3) is 11.8 Å². The Morgan fingerprint density at radius 2 is 1.83 bits per heavy atom. The predicted molar refractivity (Wildman–Crippen MR) is 136 cm³/mol. The van der Waals surface area contributed by atoms with Gasteiger partial charge in [0.2, 0.25) is 0 Å². The average molecular weight is 482 g/mol. The van der Waals surface area contributed by atoms with Crippen molar-refractivity contribution in [1.29, 1.82) is 0 Å². The maximum atomic E-state index is 13.7. The van der Waals surface area contributed by atoms with Gasteiger partial charge in [0.1, 0.15) is 5.75 Å². The van der Waals surface area contributed by atoms with Gasteiger partial charge in [0.15, 0.2) is 0 Å². The Kier molecular flexibility index (Phi) is 6.50. The van der Waals surface area contributed by atoms with Crippen molar-refractivity contribution in [1.82, 2.24) is 10.3 Å². The molecule has 0 fully saturated rings. The molecule has 1 aliphatic heterocycles. The number of carbonyl (C=O) groups excluding carboxylic acids is 2. The molecule has 1 aliphatic rings.